The first-order valence-electron chi connectivity index (χ1n) is 5.45. The monoisotopic (exact) mass is 270 g/mol. The zero-order valence-corrected chi connectivity index (χ0v) is 11.0. The largest absolute Gasteiger partial charge is 0.332 e. The quantitative estimate of drug-likeness (QED) is 0.840. The predicted octanol–water partition coefficient (Wildman–Crippen LogP) is 1.24. The molecule has 2 heterocycles. The van der Waals surface area contributed by atoms with Gasteiger partial charge in [0.1, 0.15) is 6.54 Å². The minimum absolute atomic E-state index is 0.00813. The van der Waals surface area contributed by atoms with E-state index < -0.39 is 0 Å². The van der Waals surface area contributed by atoms with E-state index >= 15 is 0 Å². The van der Waals surface area contributed by atoms with Gasteiger partial charge in [-0.25, -0.2) is 0 Å². The Morgan fingerprint density at radius 3 is 2.88 bits per heavy atom. The van der Waals surface area contributed by atoms with Crippen molar-refractivity contribution in [1.82, 2.24) is 4.90 Å². The molecule has 0 radical (unpaired) electrons. The van der Waals surface area contributed by atoms with Gasteiger partial charge in [0.15, 0.2) is 0 Å². The molecular formula is C11H14N2O2S2. The zero-order valence-electron chi connectivity index (χ0n) is 9.33. The number of carbonyl (C=O) groups excluding carboxylic acids is 2. The second-order valence-corrected chi connectivity index (χ2v) is 5.16. The summed E-state index contributed by atoms with van der Waals surface area (Å²) in [6, 6.07) is 3.85. The van der Waals surface area contributed by atoms with Crippen molar-refractivity contribution in [3.05, 3.63) is 17.5 Å². The van der Waals surface area contributed by atoms with Crippen LogP contribution < -0.4 is 4.90 Å². The van der Waals surface area contributed by atoms with Crippen LogP contribution >= 0.6 is 24.0 Å². The van der Waals surface area contributed by atoms with Crippen LogP contribution in [0, 0.1) is 0 Å². The standard InChI is InChI=1S/C11H14N2O2S2/c14-9(3-6-16)12-4-5-13(10(15)8-12)11-2-1-7-17-11/h1-2,7,16H,3-6,8H2. The van der Waals surface area contributed by atoms with E-state index in [4.69, 9.17) is 0 Å². The van der Waals surface area contributed by atoms with E-state index in [-0.39, 0.29) is 18.4 Å². The van der Waals surface area contributed by atoms with Gasteiger partial charge in [-0.05, 0) is 23.3 Å². The van der Waals surface area contributed by atoms with Gasteiger partial charge in [0, 0.05) is 19.5 Å². The highest BCUT2D eigenvalue weighted by atomic mass is 32.1. The van der Waals surface area contributed by atoms with Gasteiger partial charge >= 0.3 is 0 Å². The number of hydrogen-bond acceptors (Lipinski definition) is 4. The molecule has 0 aromatic carbocycles. The lowest BCUT2D eigenvalue weighted by molar-refractivity contribution is -0.136. The van der Waals surface area contributed by atoms with E-state index in [9.17, 15) is 9.59 Å². The molecular weight excluding hydrogens is 256 g/mol. The summed E-state index contributed by atoms with van der Waals surface area (Å²) in [4.78, 5) is 26.9. The third kappa shape index (κ3) is 2.81. The Bertz CT molecular complexity index is 406. The Labute approximate surface area is 110 Å². The summed E-state index contributed by atoms with van der Waals surface area (Å²) < 4.78 is 0. The Kier molecular flexibility index (Phi) is 4.06. The van der Waals surface area contributed by atoms with Crippen LogP contribution in [0.1, 0.15) is 6.42 Å². The molecule has 2 amide bonds. The summed E-state index contributed by atoms with van der Waals surface area (Å²) in [5, 5.41) is 2.90. The lowest BCUT2D eigenvalue weighted by Crippen LogP contribution is -2.52. The smallest absolute Gasteiger partial charge is 0.247 e. The van der Waals surface area contributed by atoms with Crippen LogP contribution in [0.3, 0.4) is 0 Å². The third-order valence-electron chi connectivity index (χ3n) is 2.67. The van der Waals surface area contributed by atoms with Gasteiger partial charge in [-0.2, -0.15) is 12.6 Å². The van der Waals surface area contributed by atoms with Crippen molar-refractivity contribution >= 4 is 40.8 Å². The maximum absolute atomic E-state index is 11.9. The molecule has 0 spiro atoms. The summed E-state index contributed by atoms with van der Waals surface area (Å²) in [5.41, 5.74) is 0. The summed E-state index contributed by atoms with van der Waals surface area (Å²) in [6.07, 6.45) is 0.398. The molecule has 0 saturated carbocycles. The average molecular weight is 270 g/mol. The molecule has 1 aliphatic heterocycles. The highest BCUT2D eigenvalue weighted by Crippen LogP contribution is 2.23. The Morgan fingerprint density at radius 2 is 2.29 bits per heavy atom. The Balaban J connectivity index is 1.98. The summed E-state index contributed by atoms with van der Waals surface area (Å²) in [7, 11) is 0. The van der Waals surface area contributed by atoms with Crippen molar-refractivity contribution in [3.63, 3.8) is 0 Å². The highest BCUT2D eigenvalue weighted by Gasteiger charge is 2.27. The SMILES string of the molecule is O=C(CCS)N1CCN(c2cccs2)C(=O)C1. The second kappa shape index (κ2) is 5.55. The van der Waals surface area contributed by atoms with Crippen LogP contribution in [-0.4, -0.2) is 42.1 Å². The first-order chi connectivity index (χ1) is 8.22. The minimum Gasteiger partial charge on any atom is -0.332 e. The summed E-state index contributed by atoms with van der Waals surface area (Å²) >= 11 is 5.57. The van der Waals surface area contributed by atoms with Gasteiger partial charge in [0.2, 0.25) is 11.8 Å². The van der Waals surface area contributed by atoms with E-state index in [1.54, 1.807) is 21.1 Å². The molecule has 0 aliphatic carbocycles. The van der Waals surface area contributed by atoms with Crippen LogP contribution in [0.4, 0.5) is 5.00 Å². The van der Waals surface area contributed by atoms with Gasteiger partial charge in [-0.3, -0.25) is 9.59 Å². The fourth-order valence-electron chi connectivity index (χ4n) is 1.80. The molecule has 0 atom stereocenters. The normalized spacial score (nSPS) is 16.4. The number of nitrogens with zero attached hydrogens (tertiary/aromatic N) is 2. The maximum atomic E-state index is 11.9. The second-order valence-electron chi connectivity index (χ2n) is 3.79. The van der Waals surface area contributed by atoms with Crippen molar-refractivity contribution in [3.8, 4) is 0 Å². The predicted molar refractivity (Wildman–Crippen MR) is 71.7 cm³/mol. The van der Waals surface area contributed by atoms with Crippen molar-refractivity contribution in [2.75, 3.05) is 30.3 Å². The van der Waals surface area contributed by atoms with Crippen LogP contribution in [0.15, 0.2) is 17.5 Å². The van der Waals surface area contributed by atoms with Crippen molar-refractivity contribution in [2.24, 2.45) is 0 Å². The molecule has 92 valence electrons. The lowest BCUT2D eigenvalue weighted by Gasteiger charge is -2.33. The Hall–Kier alpha value is -1.01. The van der Waals surface area contributed by atoms with Crippen LogP contribution in [0.5, 0.6) is 0 Å². The number of carbonyl (C=O) groups is 2. The number of hydrogen-bond donors (Lipinski definition) is 1. The van der Waals surface area contributed by atoms with Crippen molar-refractivity contribution in [1.29, 1.82) is 0 Å². The van der Waals surface area contributed by atoms with E-state index in [0.29, 0.717) is 25.3 Å². The number of rotatable bonds is 3. The number of thiophene rings is 1. The number of piperazine rings is 1. The molecule has 1 saturated heterocycles. The molecule has 6 heteroatoms. The molecule has 0 N–H and O–H groups in total. The molecule has 1 fully saturated rings. The first-order valence-corrected chi connectivity index (χ1v) is 6.96. The average Bonchev–Trinajstić information content (AvgIpc) is 2.82. The first kappa shape index (κ1) is 12.4. The molecule has 4 nitrogen and oxygen atoms in total. The van der Waals surface area contributed by atoms with Gasteiger partial charge in [-0.1, -0.05) is 0 Å². The van der Waals surface area contributed by atoms with Gasteiger partial charge in [-0.15, -0.1) is 11.3 Å². The van der Waals surface area contributed by atoms with E-state index in [1.165, 1.54) is 0 Å². The molecule has 0 bridgehead atoms. The van der Waals surface area contributed by atoms with Gasteiger partial charge in [0.05, 0.1) is 5.00 Å². The van der Waals surface area contributed by atoms with E-state index in [2.05, 4.69) is 12.6 Å². The molecule has 2 rings (SSSR count). The number of amides is 2. The number of thiol groups is 1. The van der Waals surface area contributed by atoms with E-state index in [0.717, 1.165) is 5.00 Å². The Morgan fingerprint density at radius 1 is 1.47 bits per heavy atom. The highest BCUT2D eigenvalue weighted by molar-refractivity contribution is 7.80. The van der Waals surface area contributed by atoms with Crippen LogP contribution in [-0.2, 0) is 9.59 Å². The van der Waals surface area contributed by atoms with Crippen molar-refractivity contribution in [2.45, 2.75) is 6.42 Å². The lowest BCUT2D eigenvalue weighted by atomic mass is 10.3. The van der Waals surface area contributed by atoms with Crippen LogP contribution in [0.2, 0.25) is 0 Å². The fraction of sp³-hybridized carbons (Fsp3) is 0.455. The number of anilines is 1. The van der Waals surface area contributed by atoms with Crippen molar-refractivity contribution < 1.29 is 9.59 Å². The molecule has 1 aromatic rings. The fourth-order valence-corrected chi connectivity index (χ4v) is 2.76. The molecule has 17 heavy (non-hydrogen) atoms. The summed E-state index contributed by atoms with van der Waals surface area (Å²) in [6.45, 7) is 1.37. The van der Waals surface area contributed by atoms with Crippen LogP contribution in [0.25, 0.3) is 0 Å². The molecule has 0 unspecified atom stereocenters. The molecule has 1 aromatic heterocycles. The summed E-state index contributed by atoms with van der Waals surface area (Å²) in [5.74, 6) is 0.531. The minimum atomic E-state index is -0.00813. The van der Waals surface area contributed by atoms with Gasteiger partial charge < -0.3 is 9.80 Å². The third-order valence-corrected chi connectivity index (χ3v) is 3.79. The maximum Gasteiger partial charge on any atom is 0.247 e. The topological polar surface area (TPSA) is 40.6 Å². The molecule has 1 aliphatic rings. The zero-order chi connectivity index (χ0) is 12.3. The van der Waals surface area contributed by atoms with Gasteiger partial charge in [0.25, 0.3) is 0 Å². The van der Waals surface area contributed by atoms with E-state index in [1.807, 2.05) is 17.5 Å².